The maximum atomic E-state index is 12.4. The molecule has 0 bridgehead atoms. The van der Waals surface area contributed by atoms with E-state index in [9.17, 15) is 8.42 Å². The SMILES string of the molecule is COc1ccc(S(=O)(=O)Nc2ccc(-c3cnccc3C)cc2)cc1. The molecule has 0 aliphatic rings. The molecule has 3 aromatic rings. The van der Waals surface area contributed by atoms with Crippen LogP contribution in [0, 0.1) is 6.92 Å². The molecule has 0 radical (unpaired) electrons. The first-order chi connectivity index (χ1) is 12.0. The fourth-order valence-corrected chi connectivity index (χ4v) is 3.51. The maximum absolute atomic E-state index is 12.4. The van der Waals surface area contributed by atoms with Crippen LogP contribution in [0.2, 0.25) is 0 Å². The first kappa shape index (κ1) is 17.0. The molecule has 0 fully saturated rings. The van der Waals surface area contributed by atoms with Crippen molar-refractivity contribution in [2.45, 2.75) is 11.8 Å². The van der Waals surface area contributed by atoms with Gasteiger partial charge in [-0.05, 0) is 60.5 Å². The molecule has 6 heteroatoms. The van der Waals surface area contributed by atoms with E-state index in [0.717, 1.165) is 16.7 Å². The Morgan fingerprint density at radius 2 is 1.64 bits per heavy atom. The number of ether oxygens (including phenoxy) is 1. The number of sulfonamides is 1. The third-order valence-electron chi connectivity index (χ3n) is 3.86. The molecule has 1 N–H and O–H groups in total. The van der Waals surface area contributed by atoms with Gasteiger partial charge in [0, 0.05) is 23.6 Å². The van der Waals surface area contributed by atoms with Gasteiger partial charge >= 0.3 is 0 Å². The lowest BCUT2D eigenvalue weighted by atomic mass is 10.0. The zero-order valence-corrected chi connectivity index (χ0v) is 14.7. The molecular formula is C19H18N2O3S. The van der Waals surface area contributed by atoms with Gasteiger partial charge in [0.25, 0.3) is 10.0 Å². The van der Waals surface area contributed by atoms with Crippen molar-refractivity contribution in [1.29, 1.82) is 0 Å². The van der Waals surface area contributed by atoms with Crippen molar-refractivity contribution in [2.24, 2.45) is 0 Å². The van der Waals surface area contributed by atoms with Gasteiger partial charge in [-0.2, -0.15) is 0 Å². The Morgan fingerprint density at radius 1 is 0.960 bits per heavy atom. The largest absolute Gasteiger partial charge is 0.497 e. The van der Waals surface area contributed by atoms with Crippen molar-refractivity contribution >= 4 is 15.7 Å². The monoisotopic (exact) mass is 354 g/mol. The number of hydrogen-bond donors (Lipinski definition) is 1. The highest BCUT2D eigenvalue weighted by molar-refractivity contribution is 7.92. The molecule has 0 atom stereocenters. The van der Waals surface area contributed by atoms with Gasteiger partial charge in [-0.1, -0.05) is 12.1 Å². The molecule has 0 saturated heterocycles. The van der Waals surface area contributed by atoms with Gasteiger partial charge in [-0.15, -0.1) is 0 Å². The summed E-state index contributed by atoms with van der Waals surface area (Å²) in [5.41, 5.74) is 3.62. The number of aromatic nitrogens is 1. The van der Waals surface area contributed by atoms with E-state index in [2.05, 4.69) is 9.71 Å². The number of rotatable bonds is 5. The standard InChI is InChI=1S/C19H18N2O3S/c1-14-11-12-20-13-19(14)15-3-5-16(6-4-15)21-25(22,23)18-9-7-17(24-2)8-10-18/h3-13,21H,1-2H3. The molecule has 0 amide bonds. The van der Waals surface area contributed by atoms with Gasteiger partial charge in [-0.3, -0.25) is 9.71 Å². The van der Waals surface area contributed by atoms with E-state index in [1.54, 1.807) is 36.7 Å². The van der Waals surface area contributed by atoms with Crippen LogP contribution >= 0.6 is 0 Å². The summed E-state index contributed by atoms with van der Waals surface area (Å²) in [5.74, 6) is 0.607. The summed E-state index contributed by atoms with van der Waals surface area (Å²) in [5, 5.41) is 0. The molecule has 0 unspecified atom stereocenters. The minimum Gasteiger partial charge on any atom is -0.497 e. The van der Waals surface area contributed by atoms with Gasteiger partial charge in [-0.25, -0.2) is 8.42 Å². The maximum Gasteiger partial charge on any atom is 0.261 e. The zero-order chi connectivity index (χ0) is 17.9. The number of methoxy groups -OCH3 is 1. The van der Waals surface area contributed by atoms with Crippen molar-refractivity contribution in [3.05, 3.63) is 72.6 Å². The lowest BCUT2D eigenvalue weighted by Crippen LogP contribution is -2.12. The lowest BCUT2D eigenvalue weighted by molar-refractivity contribution is 0.414. The number of anilines is 1. The summed E-state index contributed by atoms with van der Waals surface area (Å²) < 4.78 is 32.5. The summed E-state index contributed by atoms with van der Waals surface area (Å²) in [4.78, 5) is 4.32. The van der Waals surface area contributed by atoms with E-state index in [0.29, 0.717) is 11.4 Å². The summed E-state index contributed by atoms with van der Waals surface area (Å²) >= 11 is 0. The summed E-state index contributed by atoms with van der Waals surface area (Å²) in [6, 6.07) is 15.4. The minimum atomic E-state index is -3.64. The second kappa shape index (κ2) is 6.94. The van der Waals surface area contributed by atoms with E-state index in [1.807, 2.05) is 25.1 Å². The predicted molar refractivity (Wildman–Crippen MR) is 98.2 cm³/mol. The first-order valence-corrected chi connectivity index (χ1v) is 9.16. The van der Waals surface area contributed by atoms with E-state index in [-0.39, 0.29) is 4.90 Å². The van der Waals surface area contributed by atoms with E-state index < -0.39 is 10.0 Å². The molecule has 0 spiro atoms. The molecule has 1 aromatic heterocycles. The molecule has 128 valence electrons. The van der Waals surface area contributed by atoms with Crippen LogP contribution in [0.3, 0.4) is 0 Å². The predicted octanol–water partition coefficient (Wildman–Crippen LogP) is 3.87. The number of benzene rings is 2. The average Bonchev–Trinajstić information content (AvgIpc) is 2.63. The molecule has 3 rings (SSSR count). The average molecular weight is 354 g/mol. The number of nitrogens with one attached hydrogen (secondary N) is 1. The molecule has 0 aliphatic carbocycles. The van der Waals surface area contributed by atoms with Crippen LogP contribution in [0.25, 0.3) is 11.1 Å². The quantitative estimate of drug-likeness (QED) is 0.755. The molecule has 25 heavy (non-hydrogen) atoms. The van der Waals surface area contributed by atoms with Gasteiger partial charge in [0.05, 0.1) is 12.0 Å². The van der Waals surface area contributed by atoms with E-state index >= 15 is 0 Å². The Bertz CT molecular complexity index is 966. The second-order valence-corrected chi connectivity index (χ2v) is 7.23. The normalized spacial score (nSPS) is 11.1. The summed E-state index contributed by atoms with van der Waals surface area (Å²) in [6.07, 6.45) is 3.54. The Balaban J connectivity index is 1.82. The van der Waals surface area contributed by atoms with E-state index in [1.165, 1.54) is 19.2 Å². The van der Waals surface area contributed by atoms with Crippen LogP contribution in [-0.2, 0) is 10.0 Å². The fraction of sp³-hybridized carbons (Fsp3) is 0.105. The first-order valence-electron chi connectivity index (χ1n) is 7.67. The highest BCUT2D eigenvalue weighted by atomic mass is 32.2. The zero-order valence-electron chi connectivity index (χ0n) is 13.9. The lowest BCUT2D eigenvalue weighted by Gasteiger charge is -2.10. The highest BCUT2D eigenvalue weighted by Gasteiger charge is 2.14. The third-order valence-corrected chi connectivity index (χ3v) is 5.25. The number of nitrogens with zero attached hydrogens (tertiary/aromatic N) is 1. The van der Waals surface area contributed by atoms with Crippen molar-refractivity contribution in [3.8, 4) is 16.9 Å². The Hall–Kier alpha value is -2.86. The van der Waals surface area contributed by atoms with Gasteiger partial charge in [0.15, 0.2) is 0 Å². The Morgan fingerprint density at radius 3 is 2.24 bits per heavy atom. The number of hydrogen-bond acceptors (Lipinski definition) is 4. The van der Waals surface area contributed by atoms with Crippen molar-refractivity contribution in [3.63, 3.8) is 0 Å². The van der Waals surface area contributed by atoms with Crippen LogP contribution in [-0.4, -0.2) is 20.5 Å². The molecule has 5 nitrogen and oxygen atoms in total. The third kappa shape index (κ3) is 3.80. The molecule has 0 saturated carbocycles. The minimum absolute atomic E-state index is 0.181. The number of pyridine rings is 1. The van der Waals surface area contributed by atoms with Crippen molar-refractivity contribution < 1.29 is 13.2 Å². The molecule has 1 heterocycles. The van der Waals surface area contributed by atoms with Gasteiger partial charge in [0.1, 0.15) is 5.75 Å². The summed E-state index contributed by atoms with van der Waals surface area (Å²) in [6.45, 7) is 2.01. The smallest absolute Gasteiger partial charge is 0.261 e. The van der Waals surface area contributed by atoms with Crippen LogP contribution in [0.4, 0.5) is 5.69 Å². The van der Waals surface area contributed by atoms with Gasteiger partial charge in [0.2, 0.25) is 0 Å². The van der Waals surface area contributed by atoms with Crippen molar-refractivity contribution in [2.75, 3.05) is 11.8 Å². The summed E-state index contributed by atoms with van der Waals surface area (Å²) in [7, 11) is -2.11. The Labute approximate surface area is 147 Å². The van der Waals surface area contributed by atoms with Crippen LogP contribution in [0.15, 0.2) is 71.9 Å². The Kier molecular flexibility index (Phi) is 4.72. The topological polar surface area (TPSA) is 68.3 Å². The molecule has 0 aliphatic heterocycles. The second-order valence-electron chi connectivity index (χ2n) is 5.55. The van der Waals surface area contributed by atoms with Crippen LogP contribution in [0.5, 0.6) is 5.75 Å². The van der Waals surface area contributed by atoms with E-state index in [4.69, 9.17) is 4.74 Å². The fourth-order valence-electron chi connectivity index (χ4n) is 2.45. The van der Waals surface area contributed by atoms with Crippen LogP contribution < -0.4 is 9.46 Å². The highest BCUT2D eigenvalue weighted by Crippen LogP contribution is 2.25. The van der Waals surface area contributed by atoms with Gasteiger partial charge < -0.3 is 4.74 Å². The van der Waals surface area contributed by atoms with Crippen LogP contribution in [0.1, 0.15) is 5.56 Å². The molecule has 2 aromatic carbocycles. The number of aryl methyl sites for hydroxylation is 1. The molecular weight excluding hydrogens is 336 g/mol. The van der Waals surface area contributed by atoms with Crippen molar-refractivity contribution in [1.82, 2.24) is 4.98 Å².